The van der Waals surface area contributed by atoms with E-state index in [4.69, 9.17) is 0 Å². The molecule has 1 aliphatic carbocycles. The van der Waals surface area contributed by atoms with E-state index in [1.807, 2.05) is 12.4 Å². The Labute approximate surface area is 110 Å². The van der Waals surface area contributed by atoms with Crippen LogP contribution in [0, 0.1) is 0 Å². The first-order valence-electron chi connectivity index (χ1n) is 7.01. The van der Waals surface area contributed by atoms with Crippen LogP contribution >= 0.6 is 0 Å². The second-order valence-corrected chi connectivity index (χ2v) is 5.35. The summed E-state index contributed by atoms with van der Waals surface area (Å²) >= 11 is 0. The highest BCUT2D eigenvalue weighted by Crippen LogP contribution is 2.29. The van der Waals surface area contributed by atoms with Crippen LogP contribution in [0.5, 0.6) is 0 Å². The molecule has 0 amide bonds. The monoisotopic (exact) mass is 248 g/mol. The Kier molecular flexibility index (Phi) is 4.53. The van der Waals surface area contributed by atoms with Gasteiger partial charge >= 0.3 is 0 Å². The summed E-state index contributed by atoms with van der Waals surface area (Å²) in [6.07, 6.45) is 7.63. The van der Waals surface area contributed by atoms with Gasteiger partial charge in [-0.05, 0) is 19.3 Å². The van der Waals surface area contributed by atoms with Gasteiger partial charge in [-0.3, -0.25) is 0 Å². The summed E-state index contributed by atoms with van der Waals surface area (Å²) in [5.74, 6) is 0.896. The van der Waals surface area contributed by atoms with Crippen molar-refractivity contribution in [3.8, 4) is 0 Å². The average Bonchev–Trinajstić information content (AvgIpc) is 3.18. The Morgan fingerprint density at radius 1 is 1.33 bits per heavy atom. The SMILES string of the molecule is CCCN(c1ncc(CNC(C)C)cn1)C1CC1. The third-order valence-corrected chi connectivity index (χ3v) is 3.12. The predicted octanol–water partition coefficient (Wildman–Crippen LogP) is 2.35. The Morgan fingerprint density at radius 3 is 2.50 bits per heavy atom. The van der Waals surface area contributed by atoms with Crippen molar-refractivity contribution in [3.63, 3.8) is 0 Å². The molecular weight excluding hydrogens is 224 g/mol. The molecule has 0 atom stereocenters. The lowest BCUT2D eigenvalue weighted by Crippen LogP contribution is -2.28. The number of aromatic nitrogens is 2. The van der Waals surface area contributed by atoms with Crippen LogP contribution in [0.2, 0.25) is 0 Å². The van der Waals surface area contributed by atoms with Gasteiger partial charge in [-0.15, -0.1) is 0 Å². The lowest BCUT2D eigenvalue weighted by atomic mass is 10.3. The average molecular weight is 248 g/mol. The molecule has 0 unspecified atom stereocenters. The van der Waals surface area contributed by atoms with Crippen molar-refractivity contribution in [3.05, 3.63) is 18.0 Å². The topological polar surface area (TPSA) is 41.1 Å². The highest BCUT2D eigenvalue weighted by Gasteiger charge is 2.29. The normalized spacial score (nSPS) is 15.1. The summed E-state index contributed by atoms with van der Waals surface area (Å²) in [5.41, 5.74) is 1.15. The summed E-state index contributed by atoms with van der Waals surface area (Å²) in [6, 6.07) is 1.18. The Balaban J connectivity index is 1.96. The lowest BCUT2D eigenvalue weighted by molar-refractivity contribution is 0.586. The van der Waals surface area contributed by atoms with Gasteiger partial charge in [0.15, 0.2) is 0 Å². The van der Waals surface area contributed by atoms with Crippen molar-refractivity contribution in [2.45, 2.75) is 58.7 Å². The van der Waals surface area contributed by atoms with Gasteiger partial charge in [0, 0.05) is 43.1 Å². The third kappa shape index (κ3) is 3.67. The molecule has 1 heterocycles. The van der Waals surface area contributed by atoms with E-state index in [0.717, 1.165) is 31.0 Å². The second-order valence-electron chi connectivity index (χ2n) is 5.35. The summed E-state index contributed by atoms with van der Waals surface area (Å²) in [5, 5.41) is 3.38. The summed E-state index contributed by atoms with van der Waals surface area (Å²) < 4.78 is 0. The molecule has 1 aromatic heterocycles. The van der Waals surface area contributed by atoms with Crippen LogP contribution in [-0.4, -0.2) is 28.6 Å². The minimum Gasteiger partial charge on any atom is -0.338 e. The van der Waals surface area contributed by atoms with E-state index in [0.29, 0.717) is 12.1 Å². The Morgan fingerprint density at radius 2 is 2.00 bits per heavy atom. The molecule has 0 saturated heterocycles. The first-order valence-corrected chi connectivity index (χ1v) is 7.01. The second kappa shape index (κ2) is 6.14. The molecule has 4 heteroatoms. The molecule has 100 valence electrons. The van der Waals surface area contributed by atoms with Crippen molar-refractivity contribution in [2.24, 2.45) is 0 Å². The molecule has 1 saturated carbocycles. The van der Waals surface area contributed by atoms with Gasteiger partial charge < -0.3 is 10.2 Å². The van der Waals surface area contributed by atoms with Crippen LogP contribution in [0.25, 0.3) is 0 Å². The standard InChI is InChI=1S/C14H24N4/c1-4-7-18(13-5-6-13)14-16-9-12(10-17-14)8-15-11(2)3/h9-11,13,15H,4-8H2,1-3H3. The zero-order valence-corrected chi connectivity index (χ0v) is 11.7. The van der Waals surface area contributed by atoms with Gasteiger partial charge in [0.1, 0.15) is 0 Å². The maximum atomic E-state index is 4.51. The van der Waals surface area contributed by atoms with E-state index in [1.54, 1.807) is 0 Å². The van der Waals surface area contributed by atoms with Crippen molar-refractivity contribution < 1.29 is 0 Å². The van der Waals surface area contributed by atoms with Crippen LogP contribution in [0.4, 0.5) is 5.95 Å². The summed E-state index contributed by atoms with van der Waals surface area (Å²) in [7, 11) is 0. The predicted molar refractivity (Wildman–Crippen MR) is 74.7 cm³/mol. The molecule has 4 nitrogen and oxygen atoms in total. The molecule has 1 aliphatic rings. The zero-order valence-electron chi connectivity index (χ0n) is 11.7. The molecule has 0 aromatic carbocycles. The fourth-order valence-electron chi connectivity index (χ4n) is 1.98. The van der Waals surface area contributed by atoms with Crippen molar-refractivity contribution in [2.75, 3.05) is 11.4 Å². The van der Waals surface area contributed by atoms with Gasteiger partial charge in [0.05, 0.1) is 0 Å². The first-order chi connectivity index (χ1) is 8.70. The molecule has 0 spiro atoms. The molecule has 1 aromatic rings. The highest BCUT2D eigenvalue weighted by molar-refractivity contribution is 5.33. The third-order valence-electron chi connectivity index (χ3n) is 3.12. The first kappa shape index (κ1) is 13.3. The molecular formula is C14H24N4. The minimum atomic E-state index is 0.493. The van der Waals surface area contributed by atoms with Crippen molar-refractivity contribution >= 4 is 5.95 Å². The van der Waals surface area contributed by atoms with E-state index in [1.165, 1.54) is 12.8 Å². The fourth-order valence-corrected chi connectivity index (χ4v) is 1.98. The van der Waals surface area contributed by atoms with Gasteiger partial charge in [0.25, 0.3) is 0 Å². The molecule has 1 N–H and O–H groups in total. The van der Waals surface area contributed by atoms with Gasteiger partial charge in [-0.1, -0.05) is 20.8 Å². The van der Waals surface area contributed by atoms with E-state index < -0.39 is 0 Å². The lowest BCUT2D eigenvalue weighted by Gasteiger charge is -2.21. The van der Waals surface area contributed by atoms with E-state index >= 15 is 0 Å². The number of hydrogen-bond donors (Lipinski definition) is 1. The van der Waals surface area contributed by atoms with Crippen LogP contribution < -0.4 is 10.2 Å². The maximum Gasteiger partial charge on any atom is 0.225 e. The van der Waals surface area contributed by atoms with Gasteiger partial charge in [0.2, 0.25) is 5.95 Å². The smallest absolute Gasteiger partial charge is 0.225 e. The maximum absolute atomic E-state index is 4.51. The Bertz CT molecular complexity index is 357. The number of rotatable bonds is 7. The zero-order chi connectivity index (χ0) is 13.0. The van der Waals surface area contributed by atoms with Crippen LogP contribution in [0.15, 0.2) is 12.4 Å². The van der Waals surface area contributed by atoms with Crippen molar-refractivity contribution in [1.82, 2.24) is 15.3 Å². The summed E-state index contributed by atoms with van der Waals surface area (Å²) in [6.45, 7) is 8.40. The van der Waals surface area contributed by atoms with Crippen molar-refractivity contribution in [1.29, 1.82) is 0 Å². The molecule has 18 heavy (non-hydrogen) atoms. The number of anilines is 1. The number of nitrogens with one attached hydrogen (secondary N) is 1. The van der Waals surface area contributed by atoms with Gasteiger partial charge in [-0.2, -0.15) is 0 Å². The highest BCUT2D eigenvalue weighted by atomic mass is 15.3. The number of nitrogens with zero attached hydrogens (tertiary/aromatic N) is 3. The molecule has 1 fully saturated rings. The van der Waals surface area contributed by atoms with E-state index in [2.05, 4.69) is 41.0 Å². The minimum absolute atomic E-state index is 0.493. The van der Waals surface area contributed by atoms with E-state index in [-0.39, 0.29) is 0 Å². The fraction of sp³-hybridized carbons (Fsp3) is 0.714. The number of hydrogen-bond acceptors (Lipinski definition) is 4. The molecule has 2 rings (SSSR count). The van der Waals surface area contributed by atoms with Crippen LogP contribution in [-0.2, 0) is 6.54 Å². The van der Waals surface area contributed by atoms with Crippen LogP contribution in [0.1, 0.15) is 45.6 Å². The van der Waals surface area contributed by atoms with Gasteiger partial charge in [-0.25, -0.2) is 9.97 Å². The molecule has 0 aliphatic heterocycles. The largest absolute Gasteiger partial charge is 0.338 e. The quantitative estimate of drug-likeness (QED) is 0.804. The Hall–Kier alpha value is -1.16. The van der Waals surface area contributed by atoms with E-state index in [9.17, 15) is 0 Å². The van der Waals surface area contributed by atoms with Crippen LogP contribution in [0.3, 0.4) is 0 Å². The molecule has 0 radical (unpaired) electrons. The molecule has 0 bridgehead atoms. The summed E-state index contributed by atoms with van der Waals surface area (Å²) in [4.78, 5) is 11.4.